The van der Waals surface area contributed by atoms with Gasteiger partial charge in [-0.2, -0.15) is 9.13 Å². The number of aromatic nitrogens is 2. The highest BCUT2D eigenvalue weighted by molar-refractivity contribution is 5.40. The fraction of sp³-hybridized carbons (Fsp3) is 0.200. The van der Waals surface area contributed by atoms with Gasteiger partial charge in [0.15, 0.2) is 37.9 Å². The van der Waals surface area contributed by atoms with E-state index in [-0.39, 0.29) is 0 Å². The average molecular weight is 449 g/mol. The van der Waals surface area contributed by atoms with Crippen molar-refractivity contribution in [3.8, 4) is 0 Å². The number of allylic oxidation sites excluding steroid dienone is 4. The van der Waals surface area contributed by atoms with Crippen LogP contribution in [-0.4, -0.2) is 13.1 Å². The third kappa shape index (κ3) is 6.10. The van der Waals surface area contributed by atoms with Crippen molar-refractivity contribution in [3.63, 3.8) is 0 Å². The van der Waals surface area contributed by atoms with E-state index in [0.717, 1.165) is 37.6 Å². The van der Waals surface area contributed by atoms with Gasteiger partial charge in [-0.25, -0.2) is 0 Å². The molecule has 1 aromatic carbocycles. The molecule has 34 heavy (non-hydrogen) atoms. The van der Waals surface area contributed by atoms with Crippen molar-refractivity contribution in [1.82, 2.24) is 0 Å². The maximum absolute atomic E-state index is 3.54. The molecule has 170 valence electrons. The Morgan fingerprint density at radius 3 is 1.38 bits per heavy atom. The number of benzene rings is 1. The molecule has 0 saturated carbocycles. The lowest BCUT2D eigenvalue weighted by atomic mass is 10.1. The smallest absolute Gasteiger partial charge is 0.192 e. The summed E-state index contributed by atoms with van der Waals surface area (Å²) in [5.41, 5.74) is 4.90. The summed E-state index contributed by atoms with van der Waals surface area (Å²) < 4.78 is 4.46. The summed E-state index contributed by atoms with van der Waals surface area (Å²) in [5, 5.41) is 7.08. The van der Waals surface area contributed by atoms with Gasteiger partial charge in [0.05, 0.1) is 11.4 Å². The van der Waals surface area contributed by atoms with Gasteiger partial charge in [0.25, 0.3) is 0 Å². The van der Waals surface area contributed by atoms with E-state index >= 15 is 0 Å². The second kappa shape index (κ2) is 10.8. The maximum Gasteiger partial charge on any atom is 0.192 e. The molecule has 4 nitrogen and oxygen atoms in total. The first kappa shape index (κ1) is 21.9. The van der Waals surface area contributed by atoms with E-state index in [1.54, 1.807) is 0 Å². The lowest BCUT2D eigenvalue weighted by Gasteiger charge is -2.09. The van der Waals surface area contributed by atoms with E-state index in [2.05, 4.69) is 142 Å². The molecule has 2 N–H and O–H groups in total. The monoisotopic (exact) mass is 448 g/mol. The molecule has 0 unspecified atom stereocenters. The zero-order valence-corrected chi connectivity index (χ0v) is 19.4. The van der Waals surface area contributed by atoms with Crippen LogP contribution in [0, 0.1) is 11.8 Å². The molecule has 0 bridgehead atoms. The van der Waals surface area contributed by atoms with Crippen LogP contribution in [-0.2, 0) is 13.1 Å². The van der Waals surface area contributed by atoms with Gasteiger partial charge in [0.2, 0.25) is 0 Å². The summed E-state index contributed by atoms with van der Waals surface area (Å²) in [7, 11) is 0. The van der Waals surface area contributed by atoms with Crippen LogP contribution in [0.1, 0.15) is 11.1 Å². The zero-order chi connectivity index (χ0) is 23.0. The van der Waals surface area contributed by atoms with E-state index in [1.165, 1.54) is 11.1 Å². The van der Waals surface area contributed by atoms with Crippen LogP contribution in [0.5, 0.6) is 0 Å². The first-order valence-corrected chi connectivity index (χ1v) is 12.0. The Hall–Kier alpha value is -3.92. The van der Waals surface area contributed by atoms with Crippen LogP contribution in [0.2, 0.25) is 0 Å². The van der Waals surface area contributed by atoms with E-state index < -0.39 is 0 Å². The number of hydrogen-bond acceptors (Lipinski definition) is 2. The molecule has 4 heteroatoms. The molecule has 2 aliphatic carbocycles. The predicted octanol–water partition coefficient (Wildman–Crippen LogP) is 4.67. The third-order valence-corrected chi connectivity index (χ3v) is 6.21. The summed E-state index contributed by atoms with van der Waals surface area (Å²) in [5.74, 6) is 0.967. The quantitative estimate of drug-likeness (QED) is 0.442. The number of nitrogens with one attached hydrogen (secondary N) is 2. The Kier molecular flexibility index (Phi) is 6.96. The van der Waals surface area contributed by atoms with Crippen molar-refractivity contribution >= 4 is 11.4 Å². The topological polar surface area (TPSA) is 31.8 Å². The van der Waals surface area contributed by atoms with Gasteiger partial charge in [-0.1, -0.05) is 72.9 Å². The van der Waals surface area contributed by atoms with Crippen molar-refractivity contribution in [2.24, 2.45) is 11.8 Å². The van der Waals surface area contributed by atoms with Gasteiger partial charge < -0.3 is 10.6 Å². The Labute approximate surface area is 202 Å². The zero-order valence-electron chi connectivity index (χ0n) is 19.4. The lowest BCUT2D eigenvalue weighted by molar-refractivity contribution is -0.688. The molecule has 2 heterocycles. The SMILES string of the molecule is C1=CC(CNc2ccc[n+](Cc3ccc(C[n+]4cccc(NCC5C=CC=C5)c4)cc3)c2)C=C1. The van der Waals surface area contributed by atoms with Gasteiger partial charge >= 0.3 is 0 Å². The molecule has 0 saturated heterocycles. The minimum Gasteiger partial charge on any atom is -0.379 e. The maximum atomic E-state index is 3.54. The van der Waals surface area contributed by atoms with Crippen molar-refractivity contribution in [2.45, 2.75) is 13.1 Å². The fourth-order valence-corrected chi connectivity index (χ4v) is 4.32. The highest BCUT2D eigenvalue weighted by atomic mass is 15.0. The van der Waals surface area contributed by atoms with Gasteiger partial charge in [-0.3, -0.25) is 0 Å². The van der Waals surface area contributed by atoms with Crippen molar-refractivity contribution < 1.29 is 9.13 Å². The van der Waals surface area contributed by atoms with Gasteiger partial charge in [-0.05, 0) is 12.1 Å². The molecule has 0 fully saturated rings. The summed E-state index contributed by atoms with van der Waals surface area (Å²) in [4.78, 5) is 0. The van der Waals surface area contributed by atoms with E-state index in [9.17, 15) is 0 Å². The summed E-state index contributed by atoms with van der Waals surface area (Å²) in [6.45, 7) is 3.56. The molecule has 2 aliphatic rings. The standard InChI is InChI=1S/C30H32N4/c1-2-8-25(7-1)19-31-29-11-5-17-33(23-29)21-27-13-15-28(16-14-27)22-34-18-6-12-30(24-34)32-20-26-9-3-4-10-26/h1-18,23-26,31-32H,19-22H2/q+2. The molecule has 0 spiro atoms. The second-order valence-corrected chi connectivity index (χ2v) is 8.98. The number of hydrogen-bond donors (Lipinski definition) is 2. The first-order chi connectivity index (χ1) is 16.8. The predicted molar refractivity (Wildman–Crippen MR) is 138 cm³/mol. The van der Waals surface area contributed by atoms with Crippen LogP contribution in [0.4, 0.5) is 11.4 Å². The fourth-order valence-electron chi connectivity index (χ4n) is 4.32. The van der Waals surface area contributed by atoms with Gasteiger partial charge in [0.1, 0.15) is 0 Å². The molecule has 3 aromatic rings. The highest BCUT2D eigenvalue weighted by Crippen LogP contribution is 2.12. The van der Waals surface area contributed by atoms with Crippen LogP contribution in [0.3, 0.4) is 0 Å². The molecule has 0 aliphatic heterocycles. The Morgan fingerprint density at radius 2 is 0.971 bits per heavy atom. The number of rotatable bonds is 10. The Morgan fingerprint density at radius 1 is 0.559 bits per heavy atom. The third-order valence-electron chi connectivity index (χ3n) is 6.21. The van der Waals surface area contributed by atoms with E-state index in [1.807, 2.05) is 0 Å². The van der Waals surface area contributed by atoms with Crippen LogP contribution >= 0.6 is 0 Å². The number of nitrogens with zero attached hydrogens (tertiary/aromatic N) is 2. The molecule has 5 rings (SSSR count). The van der Waals surface area contributed by atoms with Crippen molar-refractivity contribution in [1.29, 1.82) is 0 Å². The Bertz CT molecular complexity index is 1100. The van der Waals surface area contributed by atoms with Crippen molar-refractivity contribution in [2.75, 3.05) is 23.7 Å². The number of anilines is 2. The largest absolute Gasteiger partial charge is 0.379 e. The molecule has 2 aromatic heterocycles. The average Bonchev–Trinajstić information content (AvgIpc) is 3.58. The van der Waals surface area contributed by atoms with E-state index in [0.29, 0.717) is 11.8 Å². The second-order valence-electron chi connectivity index (χ2n) is 8.98. The highest BCUT2D eigenvalue weighted by Gasteiger charge is 2.10. The van der Waals surface area contributed by atoms with E-state index in [4.69, 9.17) is 0 Å². The molecule has 0 amide bonds. The summed E-state index contributed by atoms with van der Waals surface area (Å²) in [6.07, 6.45) is 26.0. The van der Waals surface area contributed by atoms with Crippen LogP contribution in [0.15, 0.2) is 122 Å². The lowest BCUT2D eigenvalue weighted by Crippen LogP contribution is -2.34. The molecular formula is C30H32N4+2. The van der Waals surface area contributed by atoms with Crippen molar-refractivity contribution in [3.05, 3.63) is 133 Å². The summed E-state index contributed by atoms with van der Waals surface area (Å²) >= 11 is 0. The molecular weight excluding hydrogens is 416 g/mol. The Balaban J connectivity index is 1.15. The van der Waals surface area contributed by atoms with Crippen LogP contribution < -0.4 is 19.8 Å². The summed E-state index contributed by atoms with van der Waals surface area (Å²) in [6, 6.07) is 17.4. The first-order valence-electron chi connectivity index (χ1n) is 12.0. The number of pyridine rings is 2. The van der Waals surface area contributed by atoms with Crippen LogP contribution in [0.25, 0.3) is 0 Å². The molecule has 0 radical (unpaired) electrons. The minimum atomic E-state index is 0.483. The van der Waals surface area contributed by atoms with Gasteiger partial charge in [0, 0.05) is 48.2 Å². The normalized spacial score (nSPS) is 14.8. The van der Waals surface area contributed by atoms with Gasteiger partial charge in [-0.15, -0.1) is 0 Å². The molecule has 0 atom stereocenters. The minimum absolute atomic E-state index is 0.483.